The van der Waals surface area contributed by atoms with Crippen molar-refractivity contribution in [2.75, 3.05) is 17.2 Å². The Morgan fingerprint density at radius 3 is 2.79 bits per heavy atom. The highest BCUT2D eigenvalue weighted by Gasteiger charge is 2.02. The smallest absolute Gasteiger partial charge is 0.168 e. The molecule has 0 unspecified atom stereocenters. The Bertz CT molecular complexity index is 341. The predicted octanol–water partition coefficient (Wildman–Crippen LogP) is 2.54. The van der Waals surface area contributed by atoms with Gasteiger partial charge in [-0.1, -0.05) is 15.9 Å². The SMILES string of the molecule is CCNc1ccc(Br)cc1NC(N)=S. The van der Waals surface area contributed by atoms with Gasteiger partial charge >= 0.3 is 0 Å². The fourth-order valence-electron chi connectivity index (χ4n) is 1.10. The monoisotopic (exact) mass is 273 g/mol. The molecule has 0 radical (unpaired) electrons. The minimum absolute atomic E-state index is 0.266. The fraction of sp³-hybridized carbons (Fsp3) is 0.222. The zero-order chi connectivity index (χ0) is 10.6. The lowest BCUT2D eigenvalue weighted by Gasteiger charge is -2.12. The first-order chi connectivity index (χ1) is 6.63. The van der Waals surface area contributed by atoms with Gasteiger partial charge in [-0.2, -0.15) is 0 Å². The number of hydrogen-bond donors (Lipinski definition) is 3. The van der Waals surface area contributed by atoms with Crippen molar-refractivity contribution in [2.24, 2.45) is 5.73 Å². The Kier molecular flexibility index (Phi) is 4.16. The number of nitrogens with one attached hydrogen (secondary N) is 2. The first-order valence-corrected chi connectivity index (χ1v) is 5.43. The number of halogens is 1. The topological polar surface area (TPSA) is 50.1 Å². The summed E-state index contributed by atoms with van der Waals surface area (Å²) >= 11 is 8.17. The van der Waals surface area contributed by atoms with Gasteiger partial charge in [-0.15, -0.1) is 0 Å². The van der Waals surface area contributed by atoms with Crippen LogP contribution in [0.2, 0.25) is 0 Å². The summed E-state index contributed by atoms with van der Waals surface area (Å²) in [5, 5.41) is 6.39. The van der Waals surface area contributed by atoms with E-state index in [-0.39, 0.29) is 5.11 Å². The highest BCUT2D eigenvalue weighted by atomic mass is 79.9. The van der Waals surface area contributed by atoms with Crippen LogP contribution in [0.4, 0.5) is 11.4 Å². The second-order valence-corrected chi connectivity index (χ2v) is 4.06. The van der Waals surface area contributed by atoms with E-state index in [4.69, 9.17) is 18.0 Å². The molecule has 0 aromatic heterocycles. The molecule has 4 N–H and O–H groups in total. The van der Waals surface area contributed by atoms with Crippen LogP contribution in [0.25, 0.3) is 0 Å². The summed E-state index contributed by atoms with van der Waals surface area (Å²) in [5.41, 5.74) is 7.29. The molecule has 0 bridgehead atoms. The van der Waals surface area contributed by atoms with Gasteiger partial charge in [0.05, 0.1) is 11.4 Å². The lowest BCUT2D eigenvalue weighted by atomic mass is 10.2. The average molecular weight is 274 g/mol. The maximum Gasteiger partial charge on any atom is 0.168 e. The summed E-state index contributed by atoms with van der Waals surface area (Å²) in [6.45, 7) is 2.89. The molecule has 0 aliphatic carbocycles. The third-order valence-electron chi connectivity index (χ3n) is 1.61. The van der Waals surface area contributed by atoms with Gasteiger partial charge in [-0.3, -0.25) is 0 Å². The van der Waals surface area contributed by atoms with Gasteiger partial charge in [0.2, 0.25) is 0 Å². The van der Waals surface area contributed by atoms with Crippen LogP contribution in [0.15, 0.2) is 22.7 Å². The number of thiocarbonyl (C=S) groups is 1. The molecule has 0 atom stereocenters. The van der Waals surface area contributed by atoms with E-state index in [1.165, 1.54) is 0 Å². The fourth-order valence-corrected chi connectivity index (χ4v) is 1.57. The average Bonchev–Trinajstić information content (AvgIpc) is 2.09. The Labute approximate surface area is 97.2 Å². The van der Waals surface area contributed by atoms with Crippen molar-refractivity contribution < 1.29 is 0 Å². The normalized spacial score (nSPS) is 9.57. The summed E-state index contributed by atoms with van der Waals surface area (Å²) in [5.74, 6) is 0. The number of benzene rings is 1. The molecule has 0 heterocycles. The summed E-state index contributed by atoms with van der Waals surface area (Å²) in [4.78, 5) is 0. The number of hydrogen-bond acceptors (Lipinski definition) is 2. The molecule has 1 aromatic carbocycles. The Morgan fingerprint density at radius 2 is 2.21 bits per heavy atom. The molecular formula is C9H12BrN3S. The summed E-state index contributed by atoms with van der Waals surface area (Å²) in [7, 11) is 0. The van der Waals surface area contributed by atoms with Gasteiger partial charge in [-0.05, 0) is 37.3 Å². The summed E-state index contributed by atoms with van der Waals surface area (Å²) in [6, 6.07) is 5.86. The number of rotatable bonds is 3. The molecule has 0 spiro atoms. The third-order valence-corrected chi connectivity index (χ3v) is 2.20. The molecule has 5 heteroatoms. The quantitative estimate of drug-likeness (QED) is 0.741. The second kappa shape index (κ2) is 5.17. The zero-order valence-electron chi connectivity index (χ0n) is 7.80. The Morgan fingerprint density at radius 1 is 1.50 bits per heavy atom. The van der Waals surface area contributed by atoms with Gasteiger partial charge in [0.15, 0.2) is 5.11 Å². The number of nitrogens with two attached hydrogens (primary N) is 1. The van der Waals surface area contributed by atoms with Crippen molar-refractivity contribution in [2.45, 2.75) is 6.92 Å². The van der Waals surface area contributed by atoms with Crippen LogP contribution in [0.1, 0.15) is 6.92 Å². The van der Waals surface area contributed by atoms with Gasteiger partial charge in [0.25, 0.3) is 0 Å². The second-order valence-electron chi connectivity index (χ2n) is 2.71. The first kappa shape index (κ1) is 11.3. The molecule has 76 valence electrons. The minimum Gasteiger partial charge on any atom is -0.384 e. The summed E-state index contributed by atoms with van der Waals surface area (Å²) < 4.78 is 0.984. The molecule has 0 aliphatic heterocycles. The standard InChI is InChI=1S/C9H12BrN3S/c1-2-12-7-4-3-6(10)5-8(7)13-9(11)14/h3-5,12H,2H2,1H3,(H3,11,13,14). The van der Waals surface area contributed by atoms with E-state index in [9.17, 15) is 0 Å². The predicted molar refractivity (Wildman–Crippen MR) is 68.7 cm³/mol. The van der Waals surface area contributed by atoms with Crippen molar-refractivity contribution in [1.82, 2.24) is 0 Å². The van der Waals surface area contributed by atoms with Crippen molar-refractivity contribution >= 4 is 44.6 Å². The van der Waals surface area contributed by atoms with Crippen LogP contribution >= 0.6 is 28.1 Å². The first-order valence-electron chi connectivity index (χ1n) is 4.23. The minimum atomic E-state index is 0.266. The van der Waals surface area contributed by atoms with E-state index in [0.717, 1.165) is 22.4 Å². The molecule has 0 fully saturated rings. The van der Waals surface area contributed by atoms with Gasteiger partial charge < -0.3 is 16.4 Å². The van der Waals surface area contributed by atoms with Crippen molar-refractivity contribution in [1.29, 1.82) is 0 Å². The van der Waals surface area contributed by atoms with E-state index in [1.807, 2.05) is 25.1 Å². The van der Waals surface area contributed by atoms with Gasteiger partial charge in [-0.25, -0.2) is 0 Å². The molecule has 0 aliphatic rings. The molecule has 0 saturated carbocycles. The Balaban J connectivity index is 2.96. The van der Waals surface area contributed by atoms with Crippen molar-refractivity contribution in [3.05, 3.63) is 22.7 Å². The van der Waals surface area contributed by atoms with Gasteiger partial charge in [0.1, 0.15) is 0 Å². The molecule has 0 saturated heterocycles. The molecular weight excluding hydrogens is 262 g/mol. The van der Waals surface area contributed by atoms with E-state index in [0.29, 0.717) is 0 Å². The molecule has 3 nitrogen and oxygen atoms in total. The Hall–Kier alpha value is -0.810. The van der Waals surface area contributed by atoms with Crippen LogP contribution < -0.4 is 16.4 Å². The number of anilines is 2. The molecule has 0 amide bonds. The zero-order valence-corrected chi connectivity index (χ0v) is 10.2. The van der Waals surface area contributed by atoms with E-state index in [2.05, 4.69) is 26.6 Å². The lowest BCUT2D eigenvalue weighted by Crippen LogP contribution is -2.19. The summed E-state index contributed by atoms with van der Waals surface area (Å²) in [6.07, 6.45) is 0. The maximum absolute atomic E-state index is 5.42. The molecule has 1 rings (SSSR count). The van der Waals surface area contributed by atoms with E-state index >= 15 is 0 Å². The van der Waals surface area contributed by atoms with Crippen molar-refractivity contribution in [3.63, 3.8) is 0 Å². The molecule has 14 heavy (non-hydrogen) atoms. The highest BCUT2D eigenvalue weighted by molar-refractivity contribution is 9.10. The lowest BCUT2D eigenvalue weighted by molar-refractivity contribution is 1.21. The van der Waals surface area contributed by atoms with Crippen LogP contribution in [0.3, 0.4) is 0 Å². The van der Waals surface area contributed by atoms with Crippen LogP contribution in [0, 0.1) is 0 Å². The van der Waals surface area contributed by atoms with Gasteiger partial charge in [0, 0.05) is 11.0 Å². The molecule has 1 aromatic rings. The maximum atomic E-state index is 5.42. The van der Waals surface area contributed by atoms with Crippen LogP contribution in [-0.2, 0) is 0 Å². The third kappa shape index (κ3) is 3.16. The van der Waals surface area contributed by atoms with E-state index in [1.54, 1.807) is 0 Å². The van der Waals surface area contributed by atoms with E-state index < -0.39 is 0 Å². The van der Waals surface area contributed by atoms with Crippen LogP contribution in [0.5, 0.6) is 0 Å². The van der Waals surface area contributed by atoms with Crippen LogP contribution in [-0.4, -0.2) is 11.7 Å². The largest absolute Gasteiger partial charge is 0.384 e. The van der Waals surface area contributed by atoms with Crippen molar-refractivity contribution in [3.8, 4) is 0 Å². The highest BCUT2D eigenvalue weighted by Crippen LogP contribution is 2.25.